The Bertz CT molecular complexity index is 1340. The second kappa shape index (κ2) is 9.49. The maximum absolute atomic E-state index is 13.6. The number of aromatic nitrogens is 1. The number of nitrogens with zero attached hydrogens (tertiary/aromatic N) is 1. The summed E-state index contributed by atoms with van der Waals surface area (Å²) in [5.74, 6) is 0.646. The van der Waals surface area contributed by atoms with Crippen LogP contribution < -0.4 is 15.4 Å². The molecule has 3 radical (unpaired) electrons. The van der Waals surface area contributed by atoms with E-state index in [1.165, 1.54) is 29.5 Å². The summed E-state index contributed by atoms with van der Waals surface area (Å²) in [5, 5.41) is 7.90. The van der Waals surface area contributed by atoms with Crippen LogP contribution in [0.3, 0.4) is 0 Å². The fourth-order valence-electron chi connectivity index (χ4n) is 5.45. The Morgan fingerprint density at radius 3 is 2.81 bits per heavy atom. The minimum absolute atomic E-state index is 0.0537. The number of allylic oxidation sites excluding steroid dienone is 2. The number of hydrogen-bond donors (Lipinski definition) is 2. The van der Waals surface area contributed by atoms with E-state index in [1.54, 1.807) is 0 Å². The van der Waals surface area contributed by atoms with E-state index in [0.717, 1.165) is 55.1 Å². The van der Waals surface area contributed by atoms with Crippen LogP contribution in [0.5, 0.6) is 5.75 Å². The van der Waals surface area contributed by atoms with Crippen molar-refractivity contribution in [2.45, 2.75) is 69.2 Å². The molecule has 2 atom stereocenters. The molecule has 3 aromatic rings. The molecule has 1 saturated carbocycles. The van der Waals surface area contributed by atoms with Crippen molar-refractivity contribution >= 4 is 32.6 Å². The molecule has 0 bridgehead atoms. The highest BCUT2D eigenvalue weighted by Gasteiger charge is 2.47. The second-order valence-electron chi connectivity index (χ2n) is 10.5. The van der Waals surface area contributed by atoms with Crippen LogP contribution in [0.4, 0.5) is 0 Å². The summed E-state index contributed by atoms with van der Waals surface area (Å²) in [7, 11) is 3.68. The van der Waals surface area contributed by atoms with Crippen molar-refractivity contribution in [2.75, 3.05) is 6.54 Å². The second-order valence-corrected chi connectivity index (χ2v) is 11.0. The third kappa shape index (κ3) is 4.48. The zero-order valence-electron chi connectivity index (χ0n) is 20.8. The molecule has 6 heteroatoms. The fraction of sp³-hybridized carbons (Fsp3) is 0.400. The third-order valence-corrected chi connectivity index (χ3v) is 8.47. The number of hydrogen-bond acceptors (Lipinski definition) is 4. The van der Waals surface area contributed by atoms with Gasteiger partial charge in [-0.1, -0.05) is 18.2 Å². The number of carbonyl (C=O) groups excluding carboxylic acids is 1. The van der Waals surface area contributed by atoms with E-state index in [9.17, 15) is 4.79 Å². The maximum Gasteiger partial charge on any atom is 0.252 e. The zero-order chi connectivity index (χ0) is 24.7. The van der Waals surface area contributed by atoms with Crippen LogP contribution in [0.25, 0.3) is 16.5 Å². The molecule has 1 aromatic heterocycles. The minimum Gasteiger partial charge on any atom is -0.493 e. The van der Waals surface area contributed by atoms with Crippen LogP contribution in [-0.4, -0.2) is 39.4 Å². The van der Waals surface area contributed by atoms with Gasteiger partial charge < -0.3 is 15.4 Å². The first-order valence-electron chi connectivity index (χ1n) is 13.2. The number of rotatable bonds is 7. The molecule has 2 heterocycles. The van der Waals surface area contributed by atoms with Crippen molar-refractivity contribution in [3.05, 3.63) is 77.0 Å². The first-order valence-corrected chi connectivity index (χ1v) is 13.7. The van der Waals surface area contributed by atoms with Crippen LogP contribution in [0.15, 0.2) is 54.7 Å². The van der Waals surface area contributed by atoms with Crippen molar-refractivity contribution in [2.24, 2.45) is 0 Å². The molecule has 1 saturated heterocycles. The van der Waals surface area contributed by atoms with Gasteiger partial charge in [0, 0.05) is 23.2 Å². The molecule has 0 spiro atoms. The SMILES string of the molecule is Cc1ccc(OC([Si])[C@@H]2CCN2)cc1C(=O)NC1(c2cc(C3=CCCCC3)cc3ncccc23)CC1. The Hall–Kier alpha value is -2.96. The van der Waals surface area contributed by atoms with Gasteiger partial charge in [-0.05, 0) is 111 Å². The highest BCUT2D eigenvalue weighted by molar-refractivity contribution is 6.11. The highest BCUT2D eigenvalue weighted by atomic mass is 28.1. The van der Waals surface area contributed by atoms with Crippen LogP contribution in [0, 0.1) is 6.92 Å². The van der Waals surface area contributed by atoms with Crippen molar-refractivity contribution < 1.29 is 9.53 Å². The topological polar surface area (TPSA) is 63.2 Å². The molecular weight excluding hydrogens is 462 g/mol. The predicted octanol–water partition coefficient (Wildman–Crippen LogP) is 5.16. The molecule has 2 N–H and O–H groups in total. The van der Waals surface area contributed by atoms with Crippen LogP contribution in [-0.2, 0) is 5.54 Å². The molecule has 6 rings (SSSR count). The van der Waals surface area contributed by atoms with E-state index in [4.69, 9.17) is 4.74 Å². The molecule has 1 aliphatic heterocycles. The highest BCUT2D eigenvalue weighted by Crippen LogP contribution is 2.49. The largest absolute Gasteiger partial charge is 0.493 e. The first kappa shape index (κ1) is 23.4. The molecule has 2 fully saturated rings. The Kier molecular flexibility index (Phi) is 6.18. The molecule has 1 amide bonds. The molecule has 5 nitrogen and oxygen atoms in total. The summed E-state index contributed by atoms with van der Waals surface area (Å²) in [4.78, 5) is 18.3. The zero-order valence-corrected chi connectivity index (χ0v) is 21.8. The summed E-state index contributed by atoms with van der Waals surface area (Å²) in [6, 6.07) is 14.7. The lowest BCUT2D eigenvalue weighted by molar-refractivity contribution is 0.0929. The third-order valence-electron chi connectivity index (χ3n) is 7.94. The van der Waals surface area contributed by atoms with Gasteiger partial charge in [0.05, 0.1) is 27.0 Å². The lowest BCUT2D eigenvalue weighted by Gasteiger charge is -2.33. The predicted molar refractivity (Wildman–Crippen MR) is 144 cm³/mol. The number of pyridine rings is 1. The maximum atomic E-state index is 13.6. The minimum atomic E-state index is -0.361. The normalized spacial score (nSPS) is 21.3. The number of amides is 1. The van der Waals surface area contributed by atoms with Gasteiger partial charge in [-0.25, -0.2) is 0 Å². The Labute approximate surface area is 216 Å². The summed E-state index contributed by atoms with van der Waals surface area (Å²) < 4.78 is 6.09. The Morgan fingerprint density at radius 1 is 1.22 bits per heavy atom. The summed E-state index contributed by atoms with van der Waals surface area (Å²) in [6.07, 6.45) is 11.9. The lowest BCUT2D eigenvalue weighted by Crippen LogP contribution is -2.53. The van der Waals surface area contributed by atoms with Gasteiger partial charge in [0.2, 0.25) is 0 Å². The molecule has 2 aromatic carbocycles. The number of ether oxygens (including phenoxy) is 1. The van der Waals surface area contributed by atoms with Crippen LogP contribution in [0.2, 0.25) is 0 Å². The Morgan fingerprint density at radius 2 is 2.08 bits per heavy atom. The number of aryl methyl sites for hydroxylation is 1. The summed E-state index contributed by atoms with van der Waals surface area (Å²) in [6.45, 7) is 2.99. The standard InChI is InChI=1S/C30H32N3O2Si/c1-19-9-10-22(35-29(36)26-11-15-32-26)18-24(19)28(34)33-30(12-13-30)25-16-21(20-6-3-2-4-7-20)17-27-23(25)8-5-14-31-27/h5-6,8-10,14,16-18,26,29,32H,2-4,7,11-13,15H2,1H3,(H,33,34)/t26-,29?/m0/s1. The molecule has 1 unspecified atom stereocenters. The van der Waals surface area contributed by atoms with Gasteiger partial charge in [-0.3, -0.25) is 9.78 Å². The Balaban J connectivity index is 1.30. The average molecular weight is 495 g/mol. The van der Waals surface area contributed by atoms with Crippen molar-refractivity contribution in [3.8, 4) is 5.75 Å². The van der Waals surface area contributed by atoms with E-state index in [1.807, 2.05) is 37.4 Å². The van der Waals surface area contributed by atoms with E-state index in [0.29, 0.717) is 17.4 Å². The molecule has 36 heavy (non-hydrogen) atoms. The number of benzene rings is 2. The number of fused-ring (bicyclic) bond motifs is 1. The van der Waals surface area contributed by atoms with Gasteiger partial charge >= 0.3 is 0 Å². The van der Waals surface area contributed by atoms with Gasteiger partial charge in [-0.2, -0.15) is 0 Å². The quantitative estimate of drug-likeness (QED) is 0.446. The summed E-state index contributed by atoms with van der Waals surface area (Å²) in [5.41, 5.74) is 5.95. The lowest BCUT2D eigenvalue weighted by atomic mass is 9.89. The van der Waals surface area contributed by atoms with E-state index >= 15 is 0 Å². The fourth-order valence-corrected chi connectivity index (χ4v) is 5.87. The number of nitrogens with one attached hydrogen (secondary N) is 2. The first-order chi connectivity index (χ1) is 17.5. The van der Waals surface area contributed by atoms with Crippen molar-refractivity contribution in [1.82, 2.24) is 15.6 Å². The van der Waals surface area contributed by atoms with Crippen molar-refractivity contribution in [1.29, 1.82) is 0 Å². The van der Waals surface area contributed by atoms with Gasteiger partial charge in [-0.15, -0.1) is 0 Å². The van der Waals surface area contributed by atoms with Crippen LogP contribution in [0.1, 0.15) is 72.0 Å². The molecule has 2 aliphatic carbocycles. The van der Waals surface area contributed by atoms with E-state index in [-0.39, 0.29) is 17.2 Å². The van der Waals surface area contributed by atoms with E-state index < -0.39 is 0 Å². The average Bonchev–Trinajstić information content (AvgIpc) is 3.64. The number of carbonyl (C=O) groups is 1. The molecular formula is C30H32N3O2Si. The molecule has 3 aliphatic rings. The van der Waals surface area contributed by atoms with Gasteiger partial charge in [0.1, 0.15) is 5.75 Å². The smallest absolute Gasteiger partial charge is 0.252 e. The molecule has 183 valence electrons. The van der Waals surface area contributed by atoms with Crippen LogP contribution >= 0.6 is 0 Å². The summed E-state index contributed by atoms with van der Waals surface area (Å²) >= 11 is 0. The van der Waals surface area contributed by atoms with E-state index in [2.05, 4.69) is 50.1 Å². The van der Waals surface area contributed by atoms with Gasteiger partial charge in [0.25, 0.3) is 5.91 Å². The monoisotopic (exact) mass is 494 g/mol. The van der Waals surface area contributed by atoms with Gasteiger partial charge in [0.15, 0.2) is 0 Å². The van der Waals surface area contributed by atoms with Crippen molar-refractivity contribution in [3.63, 3.8) is 0 Å².